The van der Waals surface area contributed by atoms with Crippen molar-refractivity contribution in [1.29, 1.82) is 0 Å². The molecule has 4 rings (SSSR count). The Balaban J connectivity index is 1.51. The largest absolute Gasteiger partial charge is 0.462 e. The van der Waals surface area contributed by atoms with Crippen LogP contribution >= 0.6 is 11.3 Å². The van der Waals surface area contributed by atoms with E-state index in [1.54, 1.807) is 6.92 Å². The van der Waals surface area contributed by atoms with Crippen molar-refractivity contribution < 1.29 is 23.9 Å². The Morgan fingerprint density at radius 2 is 1.81 bits per heavy atom. The van der Waals surface area contributed by atoms with Crippen molar-refractivity contribution in [2.24, 2.45) is 0 Å². The zero-order valence-corrected chi connectivity index (χ0v) is 19.1. The highest BCUT2D eigenvalue weighted by atomic mass is 32.1. The van der Waals surface area contributed by atoms with Gasteiger partial charge in [0, 0.05) is 16.0 Å². The average Bonchev–Trinajstić information content (AvgIpc) is 3.34. The van der Waals surface area contributed by atoms with Gasteiger partial charge >= 0.3 is 11.9 Å². The van der Waals surface area contributed by atoms with E-state index in [2.05, 4.69) is 10.3 Å². The van der Waals surface area contributed by atoms with Crippen molar-refractivity contribution in [2.45, 2.75) is 40.0 Å². The van der Waals surface area contributed by atoms with Gasteiger partial charge in [0.05, 0.1) is 23.3 Å². The standard InChI is InChI=1S/C24H24N2O5S/c1-4-30-23(28)20-13(2)14(3)32-22(20)26-19(27)12-31-24(29)21-15-8-5-6-10-17(15)25-18-11-7-9-16(18)21/h5-6,8,10H,4,7,9,11-12H2,1-3H3,(H,26,27). The summed E-state index contributed by atoms with van der Waals surface area (Å²) in [6.07, 6.45) is 2.53. The second-order valence-corrected chi connectivity index (χ2v) is 8.84. The van der Waals surface area contributed by atoms with E-state index in [-0.39, 0.29) is 6.61 Å². The summed E-state index contributed by atoms with van der Waals surface area (Å²) in [6, 6.07) is 7.45. The van der Waals surface area contributed by atoms with Gasteiger partial charge < -0.3 is 14.8 Å². The summed E-state index contributed by atoms with van der Waals surface area (Å²) < 4.78 is 10.5. The molecule has 3 aromatic rings. The Morgan fingerprint density at radius 3 is 2.59 bits per heavy atom. The monoisotopic (exact) mass is 452 g/mol. The zero-order chi connectivity index (χ0) is 22.8. The molecule has 1 aliphatic carbocycles. The number of nitrogens with zero attached hydrogens (tertiary/aromatic N) is 1. The maximum atomic E-state index is 13.0. The lowest BCUT2D eigenvalue weighted by molar-refractivity contribution is -0.119. The quantitative estimate of drug-likeness (QED) is 0.558. The second-order valence-electron chi connectivity index (χ2n) is 7.61. The number of thiophene rings is 1. The third-order valence-electron chi connectivity index (χ3n) is 5.58. The fourth-order valence-electron chi connectivity index (χ4n) is 3.97. The smallest absolute Gasteiger partial charge is 0.341 e. The summed E-state index contributed by atoms with van der Waals surface area (Å²) in [5.41, 5.74) is 4.16. The fraction of sp³-hybridized carbons (Fsp3) is 0.333. The minimum absolute atomic E-state index is 0.238. The number of para-hydroxylation sites is 1. The molecule has 0 spiro atoms. The SMILES string of the molecule is CCOC(=O)c1c(NC(=O)COC(=O)c2c3c(nc4ccccc24)CCC3)sc(C)c1C. The van der Waals surface area contributed by atoms with Crippen molar-refractivity contribution in [1.82, 2.24) is 4.98 Å². The van der Waals surface area contributed by atoms with E-state index in [0.717, 1.165) is 51.9 Å². The van der Waals surface area contributed by atoms with Crippen molar-refractivity contribution in [3.63, 3.8) is 0 Å². The molecule has 1 aromatic carbocycles. The maximum absolute atomic E-state index is 13.0. The highest BCUT2D eigenvalue weighted by Gasteiger charge is 2.26. The first-order valence-corrected chi connectivity index (χ1v) is 11.4. The Hall–Kier alpha value is -3.26. The number of nitrogens with one attached hydrogen (secondary N) is 1. The lowest BCUT2D eigenvalue weighted by atomic mass is 10.0. The summed E-state index contributed by atoms with van der Waals surface area (Å²) in [5, 5.41) is 3.82. The normalized spacial score (nSPS) is 12.5. The number of benzene rings is 1. The summed E-state index contributed by atoms with van der Waals surface area (Å²) in [5.74, 6) is -1.54. The topological polar surface area (TPSA) is 94.6 Å². The predicted molar refractivity (Wildman–Crippen MR) is 122 cm³/mol. The highest BCUT2D eigenvalue weighted by Crippen LogP contribution is 2.33. The minimum atomic E-state index is -0.541. The molecule has 1 N–H and O–H groups in total. The van der Waals surface area contributed by atoms with Crippen LogP contribution in [0.4, 0.5) is 5.00 Å². The Kier molecular flexibility index (Phi) is 6.23. The van der Waals surface area contributed by atoms with Gasteiger partial charge in [-0.1, -0.05) is 18.2 Å². The maximum Gasteiger partial charge on any atom is 0.341 e. The zero-order valence-electron chi connectivity index (χ0n) is 18.2. The van der Waals surface area contributed by atoms with E-state index in [9.17, 15) is 14.4 Å². The van der Waals surface area contributed by atoms with Gasteiger partial charge in [0.1, 0.15) is 5.00 Å². The predicted octanol–water partition coefficient (Wildman–Crippen LogP) is 4.37. The molecule has 0 fully saturated rings. The van der Waals surface area contributed by atoms with Gasteiger partial charge in [0.2, 0.25) is 0 Å². The van der Waals surface area contributed by atoms with Gasteiger partial charge in [0.25, 0.3) is 5.91 Å². The molecular weight excluding hydrogens is 428 g/mol. The van der Waals surface area contributed by atoms with Crippen molar-refractivity contribution in [3.8, 4) is 0 Å². The Bertz CT molecular complexity index is 1230. The molecule has 32 heavy (non-hydrogen) atoms. The Morgan fingerprint density at radius 1 is 1.06 bits per heavy atom. The number of ether oxygens (including phenoxy) is 2. The first kappa shape index (κ1) is 22.0. The molecule has 0 saturated heterocycles. The van der Waals surface area contributed by atoms with Crippen LogP contribution in [-0.2, 0) is 27.1 Å². The van der Waals surface area contributed by atoms with E-state index in [1.165, 1.54) is 11.3 Å². The number of hydrogen-bond acceptors (Lipinski definition) is 7. The van der Waals surface area contributed by atoms with Crippen LogP contribution in [0, 0.1) is 13.8 Å². The summed E-state index contributed by atoms with van der Waals surface area (Å²) in [7, 11) is 0. The lowest BCUT2D eigenvalue weighted by Gasteiger charge is -2.12. The van der Waals surface area contributed by atoms with E-state index in [4.69, 9.17) is 9.47 Å². The number of esters is 2. The molecule has 0 unspecified atom stereocenters. The van der Waals surface area contributed by atoms with Crippen LogP contribution in [0.2, 0.25) is 0 Å². The van der Waals surface area contributed by atoms with E-state index in [0.29, 0.717) is 16.1 Å². The number of carbonyl (C=O) groups is 3. The number of fused-ring (bicyclic) bond motifs is 2. The van der Waals surface area contributed by atoms with Gasteiger partial charge in [-0.15, -0.1) is 11.3 Å². The van der Waals surface area contributed by atoms with Crippen LogP contribution in [-0.4, -0.2) is 36.0 Å². The number of carbonyl (C=O) groups excluding carboxylic acids is 3. The second kappa shape index (κ2) is 9.08. The molecule has 7 nitrogen and oxygen atoms in total. The number of hydrogen-bond donors (Lipinski definition) is 1. The molecule has 2 heterocycles. The first-order valence-electron chi connectivity index (χ1n) is 10.5. The molecule has 1 amide bonds. The number of aryl methyl sites for hydroxylation is 2. The molecular formula is C24H24N2O5S. The molecule has 0 atom stereocenters. The van der Waals surface area contributed by atoms with Crippen LogP contribution in [0.15, 0.2) is 24.3 Å². The van der Waals surface area contributed by atoms with Crippen molar-refractivity contribution in [2.75, 3.05) is 18.5 Å². The summed E-state index contributed by atoms with van der Waals surface area (Å²) >= 11 is 1.29. The van der Waals surface area contributed by atoms with Crippen LogP contribution < -0.4 is 5.32 Å². The molecule has 0 bridgehead atoms. The van der Waals surface area contributed by atoms with Gasteiger partial charge in [-0.25, -0.2) is 9.59 Å². The van der Waals surface area contributed by atoms with Gasteiger partial charge in [-0.3, -0.25) is 9.78 Å². The molecule has 1 aliphatic rings. The van der Waals surface area contributed by atoms with E-state index >= 15 is 0 Å². The van der Waals surface area contributed by atoms with E-state index < -0.39 is 24.5 Å². The van der Waals surface area contributed by atoms with Crippen molar-refractivity contribution in [3.05, 3.63) is 57.1 Å². The highest BCUT2D eigenvalue weighted by molar-refractivity contribution is 7.16. The van der Waals surface area contributed by atoms with Crippen LogP contribution in [0.25, 0.3) is 10.9 Å². The van der Waals surface area contributed by atoms with E-state index in [1.807, 2.05) is 38.1 Å². The third-order valence-corrected chi connectivity index (χ3v) is 6.70. The third kappa shape index (κ3) is 4.10. The molecule has 166 valence electrons. The molecule has 8 heteroatoms. The molecule has 2 aromatic heterocycles. The number of anilines is 1. The molecule has 0 radical (unpaired) electrons. The van der Waals surface area contributed by atoms with Crippen molar-refractivity contribution >= 4 is 45.1 Å². The minimum Gasteiger partial charge on any atom is -0.462 e. The fourth-order valence-corrected chi connectivity index (χ4v) is 5.04. The summed E-state index contributed by atoms with van der Waals surface area (Å²) in [6.45, 7) is 5.19. The van der Waals surface area contributed by atoms with Crippen LogP contribution in [0.1, 0.15) is 55.8 Å². The number of amides is 1. The number of aromatic nitrogens is 1. The Labute approximate surface area is 189 Å². The number of rotatable bonds is 6. The molecule has 0 aliphatic heterocycles. The van der Waals surface area contributed by atoms with Gasteiger partial charge in [-0.2, -0.15) is 0 Å². The molecule has 0 saturated carbocycles. The van der Waals surface area contributed by atoms with Crippen LogP contribution in [0.3, 0.4) is 0 Å². The number of pyridine rings is 1. The van der Waals surface area contributed by atoms with Gasteiger partial charge in [-0.05, 0) is 57.2 Å². The van der Waals surface area contributed by atoms with Gasteiger partial charge in [0.15, 0.2) is 6.61 Å². The first-order chi connectivity index (χ1) is 15.4. The average molecular weight is 453 g/mol. The summed E-state index contributed by atoms with van der Waals surface area (Å²) in [4.78, 5) is 43.4. The lowest BCUT2D eigenvalue weighted by Crippen LogP contribution is -2.22. The van der Waals surface area contributed by atoms with Crippen LogP contribution in [0.5, 0.6) is 0 Å².